The first-order chi connectivity index (χ1) is 14.4. The van der Waals surface area contributed by atoms with Crippen LogP contribution in [0.25, 0.3) is 11.3 Å². The van der Waals surface area contributed by atoms with Gasteiger partial charge in [-0.3, -0.25) is 0 Å². The number of aromatic nitrogens is 2. The molecule has 1 aliphatic heterocycles. The molecule has 4 rings (SSSR count). The van der Waals surface area contributed by atoms with Crippen molar-refractivity contribution in [2.75, 3.05) is 31.1 Å². The highest BCUT2D eigenvalue weighted by Crippen LogP contribution is 2.26. The fourth-order valence-electron chi connectivity index (χ4n) is 3.77. The summed E-state index contributed by atoms with van der Waals surface area (Å²) in [5, 5.41) is 8.87. The number of sulfonamides is 1. The lowest BCUT2D eigenvalue weighted by atomic mass is 9.99. The van der Waals surface area contributed by atoms with Crippen LogP contribution < -0.4 is 4.90 Å². The predicted molar refractivity (Wildman–Crippen MR) is 119 cm³/mol. The number of hydrogen-bond acceptors (Lipinski definition) is 5. The van der Waals surface area contributed by atoms with E-state index in [1.165, 1.54) is 16.7 Å². The van der Waals surface area contributed by atoms with E-state index < -0.39 is 10.0 Å². The van der Waals surface area contributed by atoms with Gasteiger partial charge in [-0.05, 0) is 67.8 Å². The Labute approximate surface area is 178 Å². The second-order valence-electron chi connectivity index (χ2n) is 7.73. The topological polar surface area (TPSA) is 66.4 Å². The minimum absolute atomic E-state index is 0.339. The zero-order chi connectivity index (χ0) is 21.3. The maximum Gasteiger partial charge on any atom is 0.243 e. The van der Waals surface area contributed by atoms with Gasteiger partial charge in [0.25, 0.3) is 0 Å². The van der Waals surface area contributed by atoms with Gasteiger partial charge < -0.3 is 4.90 Å². The SMILES string of the molecule is Cc1cc(C)c(-c2ccc(N3CCN(S(=O)(=O)c4ccccc4)CC3)nn2)cc1C. The fourth-order valence-corrected chi connectivity index (χ4v) is 5.22. The van der Waals surface area contributed by atoms with E-state index in [-0.39, 0.29) is 0 Å². The van der Waals surface area contributed by atoms with Gasteiger partial charge >= 0.3 is 0 Å². The summed E-state index contributed by atoms with van der Waals surface area (Å²) >= 11 is 0. The van der Waals surface area contributed by atoms with E-state index in [2.05, 4.69) is 48.0 Å². The normalized spacial score (nSPS) is 15.4. The van der Waals surface area contributed by atoms with Crippen LogP contribution in [-0.4, -0.2) is 49.1 Å². The molecular weight excluding hydrogens is 396 g/mol. The van der Waals surface area contributed by atoms with Crippen molar-refractivity contribution in [1.82, 2.24) is 14.5 Å². The third kappa shape index (κ3) is 3.95. The molecular formula is C23H26N4O2S. The van der Waals surface area contributed by atoms with E-state index in [1.807, 2.05) is 18.2 Å². The molecule has 0 saturated carbocycles. The molecule has 1 aliphatic rings. The number of aryl methyl sites for hydroxylation is 3. The summed E-state index contributed by atoms with van der Waals surface area (Å²) in [7, 11) is -3.45. The molecule has 0 radical (unpaired) electrons. The number of piperazine rings is 1. The van der Waals surface area contributed by atoms with Crippen molar-refractivity contribution in [3.63, 3.8) is 0 Å². The van der Waals surface area contributed by atoms with Gasteiger partial charge in [0, 0.05) is 31.7 Å². The van der Waals surface area contributed by atoms with E-state index in [4.69, 9.17) is 0 Å². The van der Waals surface area contributed by atoms with Crippen LogP contribution in [0.4, 0.5) is 5.82 Å². The van der Waals surface area contributed by atoms with Gasteiger partial charge in [0.05, 0.1) is 10.6 Å². The monoisotopic (exact) mass is 422 g/mol. The zero-order valence-corrected chi connectivity index (χ0v) is 18.4. The molecule has 1 saturated heterocycles. The largest absolute Gasteiger partial charge is 0.352 e. The molecule has 0 spiro atoms. The summed E-state index contributed by atoms with van der Waals surface area (Å²) in [5.74, 6) is 0.775. The Morgan fingerprint density at radius 2 is 1.43 bits per heavy atom. The second kappa shape index (κ2) is 8.16. The van der Waals surface area contributed by atoms with Crippen molar-refractivity contribution in [3.8, 4) is 11.3 Å². The molecule has 0 atom stereocenters. The van der Waals surface area contributed by atoms with Gasteiger partial charge in [-0.1, -0.05) is 24.3 Å². The molecule has 156 valence electrons. The van der Waals surface area contributed by atoms with Crippen molar-refractivity contribution in [3.05, 3.63) is 71.3 Å². The highest BCUT2D eigenvalue weighted by Gasteiger charge is 2.28. The Kier molecular flexibility index (Phi) is 5.58. The average molecular weight is 423 g/mol. The molecule has 0 amide bonds. The van der Waals surface area contributed by atoms with Gasteiger partial charge in [0.15, 0.2) is 5.82 Å². The molecule has 2 aromatic carbocycles. The van der Waals surface area contributed by atoms with Crippen molar-refractivity contribution in [2.24, 2.45) is 0 Å². The van der Waals surface area contributed by atoms with Gasteiger partial charge in [-0.2, -0.15) is 4.31 Å². The number of benzene rings is 2. The molecule has 0 N–H and O–H groups in total. The first kappa shape index (κ1) is 20.5. The van der Waals surface area contributed by atoms with E-state index >= 15 is 0 Å². The average Bonchev–Trinajstić information content (AvgIpc) is 2.77. The number of rotatable bonds is 4. The molecule has 0 unspecified atom stereocenters. The van der Waals surface area contributed by atoms with Crippen LogP contribution >= 0.6 is 0 Å². The van der Waals surface area contributed by atoms with E-state index in [0.717, 1.165) is 17.1 Å². The van der Waals surface area contributed by atoms with Gasteiger partial charge in [-0.25, -0.2) is 8.42 Å². The molecule has 0 bridgehead atoms. The Morgan fingerprint density at radius 1 is 0.767 bits per heavy atom. The Morgan fingerprint density at radius 3 is 2.07 bits per heavy atom. The van der Waals surface area contributed by atoms with Crippen molar-refractivity contribution < 1.29 is 8.42 Å². The summed E-state index contributed by atoms with van der Waals surface area (Å²) in [6.45, 7) is 8.32. The van der Waals surface area contributed by atoms with Crippen LogP contribution in [-0.2, 0) is 10.0 Å². The first-order valence-electron chi connectivity index (χ1n) is 10.1. The van der Waals surface area contributed by atoms with Crippen LogP contribution in [0.1, 0.15) is 16.7 Å². The summed E-state index contributed by atoms with van der Waals surface area (Å²) in [6, 6.07) is 16.9. The zero-order valence-electron chi connectivity index (χ0n) is 17.5. The number of hydrogen-bond donors (Lipinski definition) is 0. The smallest absolute Gasteiger partial charge is 0.243 e. The number of anilines is 1. The lowest BCUT2D eigenvalue weighted by molar-refractivity contribution is 0.383. The van der Waals surface area contributed by atoms with Crippen LogP contribution in [0, 0.1) is 20.8 Å². The summed E-state index contributed by atoms with van der Waals surface area (Å²) < 4.78 is 27.1. The maximum atomic E-state index is 12.8. The second-order valence-corrected chi connectivity index (χ2v) is 9.67. The third-order valence-corrected chi connectivity index (χ3v) is 7.62. The fraction of sp³-hybridized carbons (Fsp3) is 0.304. The molecule has 6 nitrogen and oxygen atoms in total. The van der Waals surface area contributed by atoms with Gasteiger partial charge in [0.2, 0.25) is 10.0 Å². The third-order valence-electron chi connectivity index (χ3n) is 5.71. The van der Waals surface area contributed by atoms with Crippen LogP contribution in [0.2, 0.25) is 0 Å². The van der Waals surface area contributed by atoms with Gasteiger partial charge in [-0.15, -0.1) is 10.2 Å². The van der Waals surface area contributed by atoms with Crippen LogP contribution in [0.15, 0.2) is 59.5 Å². The van der Waals surface area contributed by atoms with Crippen molar-refractivity contribution in [1.29, 1.82) is 0 Å². The minimum Gasteiger partial charge on any atom is -0.352 e. The Hall–Kier alpha value is -2.77. The molecule has 1 aromatic heterocycles. The van der Waals surface area contributed by atoms with E-state index in [1.54, 1.807) is 28.6 Å². The summed E-state index contributed by atoms with van der Waals surface area (Å²) in [6.07, 6.45) is 0. The van der Waals surface area contributed by atoms with E-state index in [9.17, 15) is 8.42 Å². The highest BCUT2D eigenvalue weighted by atomic mass is 32.2. The summed E-state index contributed by atoms with van der Waals surface area (Å²) in [5.41, 5.74) is 5.63. The Bertz CT molecular complexity index is 1140. The molecule has 1 fully saturated rings. The Balaban J connectivity index is 1.46. The molecule has 7 heteroatoms. The maximum absolute atomic E-state index is 12.8. The van der Waals surface area contributed by atoms with Gasteiger partial charge in [0.1, 0.15) is 0 Å². The quantitative estimate of drug-likeness (QED) is 0.643. The highest BCUT2D eigenvalue weighted by molar-refractivity contribution is 7.89. The predicted octanol–water partition coefficient (Wildman–Crippen LogP) is 3.58. The molecule has 3 aromatic rings. The first-order valence-corrected chi connectivity index (χ1v) is 11.5. The van der Waals surface area contributed by atoms with E-state index in [0.29, 0.717) is 31.1 Å². The minimum atomic E-state index is -3.45. The lowest BCUT2D eigenvalue weighted by Crippen LogP contribution is -2.48. The van der Waals surface area contributed by atoms with Crippen molar-refractivity contribution >= 4 is 15.8 Å². The molecule has 30 heavy (non-hydrogen) atoms. The van der Waals surface area contributed by atoms with Crippen molar-refractivity contribution in [2.45, 2.75) is 25.7 Å². The lowest BCUT2D eigenvalue weighted by Gasteiger charge is -2.34. The number of nitrogens with zero attached hydrogens (tertiary/aromatic N) is 4. The molecule has 0 aliphatic carbocycles. The standard InChI is InChI=1S/C23H26N4O2S/c1-17-15-19(3)21(16-18(17)2)22-9-10-23(25-24-22)26-11-13-27(14-12-26)30(28,29)20-7-5-4-6-8-20/h4-10,15-16H,11-14H2,1-3H3. The molecule has 2 heterocycles. The van der Waals surface area contributed by atoms with Crippen LogP contribution in [0.5, 0.6) is 0 Å². The summed E-state index contributed by atoms with van der Waals surface area (Å²) in [4.78, 5) is 2.42. The van der Waals surface area contributed by atoms with Crippen LogP contribution in [0.3, 0.4) is 0 Å².